The van der Waals surface area contributed by atoms with Crippen LogP contribution in [0.2, 0.25) is 0 Å². The highest BCUT2D eigenvalue weighted by Gasteiger charge is 2.23. The van der Waals surface area contributed by atoms with E-state index in [2.05, 4.69) is 15.5 Å². The number of amides is 1. The van der Waals surface area contributed by atoms with Gasteiger partial charge in [-0.25, -0.2) is 0 Å². The molecule has 7 nitrogen and oxygen atoms in total. The average molecular weight is 316 g/mol. The van der Waals surface area contributed by atoms with Gasteiger partial charge in [0.05, 0.1) is 20.2 Å². The fraction of sp³-hybridized carbons (Fsp3) is 0.438. The quantitative estimate of drug-likeness (QED) is 0.833. The zero-order valence-corrected chi connectivity index (χ0v) is 13.3. The number of hydrogen-bond acceptors (Lipinski definition) is 6. The van der Waals surface area contributed by atoms with Crippen LogP contribution in [0.25, 0.3) is 11.4 Å². The minimum Gasteiger partial charge on any atom is -0.497 e. The van der Waals surface area contributed by atoms with Gasteiger partial charge < -0.3 is 14.6 Å². The van der Waals surface area contributed by atoms with Gasteiger partial charge in [-0.05, 0) is 44.2 Å². The minimum atomic E-state index is 0.0323. The van der Waals surface area contributed by atoms with Crippen LogP contribution in [-0.4, -0.2) is 47.7 Å². The van der Waals surface area contributed by atoms with Gasteiger partial charge in [0.1, 0.15) is 5.75 Å². The van der Waals surface area contributed by atoms with Crippen LogP contribution in [0.1, 0.15) is 18.7 Å². The predicted octanol–water partition coefficient (Wildman–Crippen LogP) is 1.46. The second kappa shape index (κ2) is 6.78. The molecule has 1 fully saturated rings. The van der Waals surface area contributed by atoms with Crippen LogP contribution in [0.3, 0.4) is 0 Å². The third-order valence-corrected chi connectivity index (χ3v) is 3.58. The molecular weight excluding hydrogens is 296 g/mol. The molecule has 0 saturated heterocycles. The van der Waals surface area contributed by atoms with Crippen molar-refractivity contribution in [2.45, 2.75) is 25.4 Å². The van der Waals surface area contributed by atoms with Crippen molar-refractivity contribution in [2.24, 2.45) is 0 Å². The summed E-state index contributed by atoms with van der Waals surface area (Å²) in [7, 11) is 3.47. The van der Waals surface area contributed by atoms with Crippen LogP contribution in [0, 0.1) is 0 Å². The lowest BCUT2D eigenvalue weighted by molar-refractivity contribution is -0.122. The second-order valence-corrected chi connectivity index (χ2v) is 5.75. The fourth-order valence-electron chi connectivity index (χ4n) is 2.21. The number of carbonyl (C=O) groups is 1. The van der Waals surface area contributed by atoms with Gasteiger partial charge in [-0.2, -0.15) is 4.98 Å². The van der Waals surface area contributed by atoms with Crippen LogP contribution >= 0.6 is 0 Å². The summed E-state index contributed by atoms with van der Waals surface area (Å²) in [5.74, 6) is 1.82. The molecule has 0 unspecified atom stereocenters. The topological polar surface area (TPSA) is 80.5 Å². The maximum Gasteiger partial charge on any atom is 0.241 e. The van der Waals surface area contributed by atoms with Crippen molar-refractivity contribution in [1.29, 1.82) is 0 Å². The number of hydrogen-bond donors (Lipinski definition) is 1. The monoisotopic (exact) mass is 316 g/mol. The zero-order valence-electron chi connectivity index (χ0n) is 13.3. The van der Waals surface area contributed by atoms with Crippen LogP contribution in [0.15, 0.2) is 28.8 Å². The molecule has 1 aliphatic carbocycles. The van der Waals surface area contributed by atoms with Gasteiger partial charge in [-0.15, -0.1) is 0 Å². The Bertz CT molecular complexity index is 664. The number of carbonyl (C=O) groups excluding carboxylic acids is 1. The number of aromatic nitrogens is 2. The SMILES string of the molecule is COc1ccc(-c2noc(CN(C)CC(=O)NC3CC3)n2)cc1. The lowest BCUT2D eigenvalue weighted by Gasteiger charge is -2.13. The van der Waals surface area contributed by atoms with E-state index in [9.17, 15) is 4.79 Å². The highest BCUT2D eigenvalue weighted by atomic mass is 16.5. The van der Waals surface area contributed by atoms with Crippen molar-refractivity contribution in [1.82, 2.24) is 20.4 Å². The number of nitrogens with one attached hydrogen (secondary N) is 1. The maximum absolute atomic E-state index is 11.7. The first kappa shape index (κ1) is 15.5. The third-order valence-electron chi connectivity index (χ3n) is 3.58. The predicted molar refractivity (Wildman–Crippen MR) is 83.8 cm³/mol. The minimum absolute atomic E-state index is 0.0323. The number of ether oxygens (including phenoxy) is 1. The smallest absolute Gasteiger partial charge is 0.241 e. The Morgan fingerprint density at radius 3 is 2.78 bits per heavy atom. The molecule has 1 aliphatic rings. The first-order valence-electron chi connectivity index (χ1n) is 7.59. The molecule has 122 valence electrons. The van der Waals surface area contributed by atoms with E-state index in [0.717, 1.165) is 24.2 Å². The highest BCUT2D eigenvalue weighted by molar-refractivity contribution is 5.78. The fourth-order valence-corrected chi connectivity index (χ4v) is 2.21. The van der Waals surface area contributed by atoms with Gasteiger partial charge in [0.15, 0.2) is 0 Å². The van der Waals surface area contributed by atoms with E-state index in [1.807, 2.05) is 36.2 Å². The van der Waals surface area contributed by atoms with Crippen LogP contribution < -0.4 is 10.1 Å². The molecule has 1 N–H and O–H groups in total. The van der Waals surface area contributed by atoms with Gasteiger partial charge in [0.25, 0.3) is 0 Å². The number of rotatable bonds is 7. The Hall–Kier alpha value is -2.41. The van der Waals surface area contributed by atoms with E-state index in [-0.39, 0.29) is 5.91 Å². The Morgan fingerprint density at radius 2 is 2.13 bits per heavy atom. The van der Waals surface area contributed by atoms with Gasteiger partial charge in [-0.3, -0.25) is 9.69 Å². The van der Waals surface area contributed by atoms with E-state index in [4.69, 9.17) is 9.26 Å². The summed E-state index contributed by atoms with van der Waals surface area (Å²) in [5.41, 5.74) is 0.856. The van der Waals surface area contributed by atoms with E-state index < -0.39 is 0 Å². The molecule has 2 aromatic rings. The molecule has 23 heavy (non-hydrogen) atoms. The van der Waals surface area contributed by atoms with Gasteiger partial charge in [0, 0.05) is 11.6 Å². The molecule has 7 heteroatoms. The summed E-state index contributed by atoms with van der Waals surface area (Å²) in [4.78, 5) is 18.0. The largest absolute Gasteiger partial charge is 0.497 e. The molecule has 3 rings (SSSR count). The van der Waals surface area contributed by atoms with Gasteiger partial charge in [0.2, 0.25) is 17.6 Å². The van der Waals surface area contributed by atoms with E-state index >= 15 is 0 Å². The summed E-state index contributed by atoms with van der Waals surface area (Å²) < 4.78 is 10.4. The van der Waals surface area contributed by atoms with E-state index in [1.54, 1.807) is 7.11 Å². The summed E-state index contributed by atoms with van der Waals surface area (Å²) in [6.45, 7) is 0.748. The van der Waals surface area contributed by atoms with Crippen molar-refractivity contribution in [3.63, 3.8) is 0 Å². The Balaban J connectivity index is 1.56. The molecule has 0 atom stereocenters. The molecule has 1 amide bonds. The number of benzene rings is 1. The van der Waals surface area contributed by atoms with Crippen LogP contribution in [-0.2, 0) is 11.3 Å². The molecule has 0 bridgehead atoms. The number of nitrogens with zero attached hydrogens (tertiary/aromatic N) is 3. The molecule has 1 aromatic carbocycles. The third kappa shape index (κ3) is 4.29. The zero-order chi connectivity index (χ0) is 16.2. The summed E-state index contributed by atoms with van der Waals surface area (Å²) >= 11 is 0. The number of likely N-dealkylation sites (N-methyl/N-ethyl adjacent to an activating group) is 1. The number of methoxy groups -OCH3 is 1. The standard InChI is InChI=1S/C16H20N4O3/c1-20(9-14(21)17-12-5-6-12)10-15-18-16(19-23-15)11-3-7-13(22-2)8-4-11/h3-4,7-8,12H,5-6,9-10H2,1-2H3,(H,17,21). The normalized spacial score (nSPS) is 14.0. The van der Waals surface area contributed by atoms with E-state index in [0.29, 0.717) is 30.8 Å². The first-order valence-corrected chi connectivity index (χ1v) is 7.59. The average Bonchev–Trinajstić information content (AvgIpc) is 3.22. The Kier molecular flexibility index (Phi) is 4.57. The van der Waals surface area contributed by atoms with Crippen molar-refractivity contribution in [2.75, 3.05) is 20.7 Å². The first-order chi connectivity index (χ1) is 11.1. The summed E-state index contributed by atoms with van der Waals surface area (Å²) in [5, 5.41) is 6.93. The second-order valence-electron chi connectivity index (χ2n) is 5.75. The Labute approximate surface area is 134 Å². The molecule has 1 heterocycles. The van der Waals surface area contributed by atoms with Crippen LogP contribution in [0.4, 0.5) is 0 Å². The van der Waals surface area contributed by atoms with Gasteiger partial charge >= 0.3 is 0 Å². The molecule has 0 radical (unpaired) electrons. The molecule has 0 spiro atoms. The van der Waals surface area contributed by atoms with Crippen LogP contribution in [0.5, 0.6) is 5.75 Å². The maximum atomic E-state index is 11.7. The molecular formula is C16H20N4O3. The lowest BCUT2D eigenvalue weighted by Crippen LogP contribution is -2.35. The van der Waals surface area contributed by atoms with Gasteiger partial charge in [-0.1, -0.05) is 5.16 Å². The van der Waals surface area contributed by atoms with Crippen molar-refractivity contribution < 1.29 is 14.1 Å². The summed E-state index contributed by atoms with van der Waals surface area (Å²) in [6.07, 6.45) is 2.18. The molecule has 1 aromatic heterocycles. The Morgan fingerprint density at radius 1 is 1.39 bits per heavy atom. The van der Waals surface area contributed by atoms with Crippen molar-refractivity contribution in [3.05, 3.63) is 30.2 Å². The van der Waals surface area contributed by atoms with E-state index in [1.165, 1.54) is 0 Å². The lowest BCUT2D eigenvalue weighted by atomic mass is 10.2. The highest BCUT2D eigenvalue weighted by Crippen LogP contribution is 2.20. The van der Waals surface area contributed by atoms with Crippen molar-refractivity contribution >= 4 is 5.91 Å². The molecule has 1 saturated carbocycles. The summed E-state index contributed by atoms with van der Waals surface area (Å²) in [6, 6.07) is 7.82. The van der Waals surface area contributed by atoms with Crippen molar-refractivity contribution in [3.8, 4) is 17.1 Å². The molecule has 0 aliphatic heterocycles.